The molecule has 0 spiro atoms. The number of carbonyl (C=O) groups is 2. The molecule has 0 atom stereocenters. The number of hydrogen-bond donors (Lipinski definition) is 0. The van der Waals surface area contributed by atoms with Crippen molar-refractivity contribution < 1.29 is 33.5 Å². The fraction of sp³-hybridized carbons (Fsp3) is 0.130. The van der Waals surface area contributed by atoms with Crippen LogP contribution in [0.5, 0.6) is 17.2 Å². The summed E-state index contributed by atoms with van der Waals surface area (Å²) < 4.78 is 21.0. The van der Waals surface area contributed by atoms with Gasteiger partial charge in [-0.3, -0.25) is 10.1 Å². The van der Waals surface area contributed by atoms with Crippen molar-refractivity contribution in [1.82, 2.24) is 0 Å². The molecule has 0 fully saturated rings. The first kappa shape index (κ1) is 22.3. The molecule has 0 saturated heterocycles. The number of hydrogen-bond acceptors (Lipinski definition) is 8. The van der Waals surface area contributed by atoms with E-state index in [2.05, 4.69) is 0 Å². The largest absolute Gasteiger partial charge is 0.490 e. The summed E-state index contributed by atoms with van der Waals surface area (Å²) in [7, 11) is 0. The molecular formula is C23H19NO8. The lowest BCUT2D eigenvalue weighted by atomic mass is 10.2. The lowest BCUT2D eigenvalue weighted by molar-refractivity contribution is -0.384. The molecule has 9 nitrogen and oxygen atoms in total. The fourth-order valence-electron chi connectivity index (χ4n) is 2.55. The van der Waals surface area contributed by atoms with Gasteiger partial charge in [-0.1, -0.05) is 24.3 Å². The Bertz CT molecular complexity index is 1070. The van der Waals surface area contributed by atoms with E-state index in [1.165, 1.54) is 42.5 Å². The third-order valence-electron chi connectivity index (χ3n) is 4.03. The molecule has 32 heavy (non-hydrogen) atoms. The fourth-order valence-corrected chi connectivity index (χ4v) is 2.55. The smallest absolute Gasteiger partial charge is 0.349 e. The maximum Gasteiger partial charge on any atom is 0.349 e. The topological polar surface area (TPSA) is 114 Å². The Balaban J connectivity index is 1.44. The summed E-state index contributed by atoms with van der Waals surface area (Å²) in [6.45, 7) is -0.158. The van der Waals surface area contributed by atoms with E-state index in [-0.39, 0.29) is 36.0 Å². The van der Waals surface area contributed by atoms with Gasteiger partial charge in [-0.2, -0.15) is 0 Å². The number of ether oxygens (including phenoxy) is 4. The minimum absolute atomic E-state index is 0.0564. The van der Waals surface area contributed by atoms with E-state index >= 15 is 0 Å². The zero-order valence-electron chi connectivity index (χ0n) is 16.8. The minimum atomic E-state index is -0.704. The van der Waals surface area contributed by atoms with Crippen molar-refractivity contribution in [3.8, 4) is 17.2 Å². The first-order chi connectivity index (χ1) is 15.5. The van der Waals surface area contributed by atoms with Gasteiger partial charge >= 0.3 is 11.9 Å². The third kappa shape index (κ3) is 6.84. The van der Waals surface area contributed by atoms with Crippen LogP contribution >= 0.6 is 0 Å². The van der Waals surface area contributed by atoms with Gasteiger partial charge in [0.1, 0.15) is 30.5 Å². The summed E-state index contributed by atoms with van der Waals surface area (Å²) >= 11 is 0. The molecule has 164 valence electrons. The number of para-hydroxylation sites is 1. The van der Waals surface area contributed by atoms with E-state index < -0.39 is 23.5 Å². The quantitative estimate of drug-likeness (QED) is 0.155. The summed E-state index contributed by atoms with van der Waals surface area (Å²) in [6.07, 6.45) is 0. The highest BCUT2D eigenvalue weighted by Crippen LogP contribution is 2.18. The van der Waals surface area contributed by atoms with Crippen LogP contribution in [0.2, 0.25) is 0 Å². The van der Waals surface area contributed by atoms with Crippen molar-refractivity contribution in [2.75, 3.05) is 19.8 Å². The minimum Gasteiger partial charge on any atom is -0.490 e. The number of benzene rings is 3. The van der Waals surface area contributed by atoms with Crippen LogP contribution in [-0.4, -0.2) is 36.7 Å². The lowest BCUT2D eigenvalue weighted by Crippen LogP contribution is -2.18. The summed E-state index contributed by atoms with van der Waals surface area (Å²) in [4.78, 5) is 34.3. The number of non-ortho nitro benzene ring substituents is 1. The number of nitro benzene ring substituents is 1. The number of nitro groups is 1. The second-order valence-electron chi connectivity index (χ2n) is 6.34. The molecule has 0 heterocycles. The zero-order chi connectivity index (χ0) is 22.8. The maximum absolute atomic E-state index is 12.2. The second kappa shape index (κ2) is 11.1. The predicted molar refractivity (Wildman–Crippen MR) is 113 cm³/mol. The molecule has 3 aromatic carbocycles. The molecule has 0 aliphatic heterocycles. The van der Waals surface area contributed by atoms with E-state index in [1.807, 2.05) is 18.2 Å². The van der Waals surface area contributed by atoms with E-state index in [9.17, 15) is 19.7 Å². The molecule has 9 heteroatoms. The van der Waals surface area contributed by atoms with Gasteiger partial charge in [-0.15, -0.1) is 0 Å². The molecule has 0 unspecified atom stereocenters. The molecule has 0 amide bonds. The highest BCUT2D eigenvalue weighted by Gasteiger charge is 2.12. The van der Waals surface area contributed by atoms with Gasteiger partial charge in [0.05, 0.1) is 10.5 Å². The van der Waals surface area contributed by atoms with Crippen molar-refractivity contribution in [1.29, 1.82) is 0 Å². The summed E-state index contributed by atoms with van der Waals surface area (Å²) in [5, 5.41) is 10.6. The molecule has 0 aromatic heterocycles. The van der Waals surface area contributed by atoms with Crippen LogP contribution in [0.3, 0.4) is 0 Å². The molecule has 0 saturated carbocycles. The van der Waals surface area contributed by atoms with Crippen LogP contribution in [0.1, 0.15) is 10.4 Å². The van der Waals surface area contributed by atoms with Gasteiger partial charge in [0, 0.05) is 12.1 Å². The standard InChI is InChI=1S/C23H19NO8/c25-22(16-31-20-11-9-18(10-12-20)24(27)28)32-21-8-4-5-17(15-21)23(26)30-14-13-29-19-6-2-1-3-7-19/h1-12,15H,13-14,16H2. The SMILES string of the molecule is O=C(COc1ccc([N+](=O)[O-])cc1)Oc1cccc(C(=O)OCCOc2ccccc2)c1. The van der Waals surface area contributed by atoms with Crippen LogP contribution in [0.25, 0.3) is 0 Å². The first-order valence-electron chi connectivity index (χ1n) is 9.54. The Morgan fingerprint density at radius 3 is 2.19 bits per heavy atom. The van der Waals surface area contributed by atoms with Gasteiger partial charge in [0.25, 0.3) is 5.69 Å². The van der Waals surface area contributed by atoms with E-state index in [1.54, 1.807) is 18.2 Å². The predicted octanol–water partition coefficient (Wildman–Crippen LogP) is 3.82. The van der Waals surface area contributed by atoms with Crippen LogP contribution in [0, 0.1) is 10.1 Å². The molecule has 0 aliphatic carbocycles. The van der Waals surface area contributed by atoms with Crippen LogP contribution in [0.4, 0.5) is 5.69 Å². The van der Waals surface area contributed by atoms with Crippen LogP contribution in [-0.2, 0) is 9.53 Å². The summed E-state index contributed by atoms with van der Waals surface area (Å²) in [5.41, 5.74) is 0.126. The number of esters is 2. The number of nitrogens with zero attached hydrogens (tertiary/aromatic N) is 1. The Labute approximate surface area is 183 Å². The second-order valence-corrected chi connectivity index (χ2v) is 6.34. The monoisotopic (exact) mass is 437 g/mol. The van der Waals surface area contributed by atoms with Crippen molar-refractivity contribution in [3.63, 3.8) is 0 Å². The molecule has 0 radical (unpaired) electrons. The number of rotatable bonds is 10. The van der Waals surface area contributed by atoms with Crippen LogP contribution in [0.15, 0.2) is 78.9 Å². The van der Waals surface area contributed by atoms with Gasteiger partial charge in [0.15, 0.2) is 6.61 Å². The summed E-state index contributed by atoms with van der Waals surface area (Å²) in [5.74, 6) is -0.180. The lowest BCUT2D eigenvalue weighted by Gasteiger charge is -2.09. The van der Waals surface area contributed by atoms with Gasteiger partial charge in [0.2, 0.25) is 0 Å². The molecular weight excluding hydrogens is 418 g/mol. The molecule has 0 aliphatic rings. The Kier molecular flexibility index (Phi) is 7.74. The number of carbonyl (C=O) groups excluding carboxylic acids is 2. The Morgan fingerprint density at radius 1 is 0.781 bits per heavy atom. The van der Waals surface area contributed by atoms with Gasteiger partial charge in [-0.25, -0.2) is 9.59 Å². The highest BCUT2D eigenvalue weighted by atomic mass is 16.6. The maximum atomic E-state index is 12.2. The van der Waals surface area contributed by atoms with Gasteiger partial charge in [-0.05, 0) is 42.5 Å². The Morgan fingerprint density at radius 2 is 1.47 bits per heavy atom. The zero-order valence-corrected chi connectivity index (χ0v) is 16.8. The van der Waals surface area contributed by atoms with Crippen molar-refractivity contribution in [3.05, 3.63) is 94.5 Å². The Hall–Kier alpha value is -4.40. The average Bonchev–Trinajstić information content (AvgIpc) is 2.81. The molecule has 3 aromatic rings. The normalized spacial score (nSPS) is 10.1. The van der Waals surface area contributed by atoms with E-state index in [0.29, 0.717) is 5.75 Å². The van der Waals surface area contributed by atoms with E-state index in [4.69, 9.17) is 18.9 Å². The molecule has 3 rings (SSSR count). The van der Waals surface area contributed by atoms with E-state index in [0.717, 1.165) is 0 Å². The highest BCUT2D eigenvalue weighted by molar-refractivity contribution is 5.90. The molecule has 0 N–H and O–H groups in total. The van der Waals surface area contributed by atoms with Crippen molar-refractivity contribution >= 4 is 17.6 Å². The third-order valence-corrected chi connectivity index (χ3v) is 4.03. The van der Waals surface area contributed by atoms with Crippen molar-refractivity contribution in [2.24, 2.45) is 0 Å². The van der Waals surface area contributed by atoms with Gasteiger partial charge < -0.3 is 18.9 Å². The van der Waals surface area contributed by atoms with Crippen molar-refractivity contribution in [2.45, 2.75) is 0 Å². The molecule has 0 bridgehead atoms. The summed E-state index contributed by atoms with van der Waals surface area (Å²) in [6, 6.07) is 20.4. The average molecular weight is 437 g/mol. The van der Waals surface area contributed by atoms with Crippen LogP contribution < -0.4 is 14.2 Å². The first-order valence-corrected chi connectivity index (χ1v) is 9.54.